The zero-order valence-corrected chi connectivity index (χ0v) is 9.85. The van der Waals surface area contributed by atoms with Crippen molar-refractivity contribution in [3.8, 4) is 11.5 Å². The van der Waals surface area contributed by atoms with Gasteiger partial charge in [0, 0.05) is 12.0 Å². The average Bonchev–Trinajstić information content (AvgIpc) is 2.85. The van der Waals surface area contributed by atoms with Gasteiger partial charge in [-0.25, -0.2) is 5.11 Å². The highest BCUT2D eigenvalue weighted by molar-refractivity contribution is 5.58. The van der Waals surface area contributed by atoms with Gasteiger partial charge in [0.1, 0.15) is 0 Å². The molecule has 1 aromatic heterocycles. The summed E-state index contributed by atoms with van der Waals surface area (Å²) in [7, 11) is 0. The number of nitrogens with zero attached hydrogens (tertiary/aromatic N) is 2. The smallest absolute Gasteiger partial charge is 0.248 e. The minimum Gasteiger partial charge on any atom is -0.421 e. The average molecular weight is 231 g/mol. The van der Waals surface area contributed by atoms with Gasteiger partial charge < -0.3 is 4.42 Å². The monoisotopic (exact) mass is 231 g/mol. The Morgan fingerprint density at radius 2 is 2.06 bits per heavy atom. The fraction of sp³-hybridized carbons (Fsp3) is 0.385. The van der Waals surface area contributed by atoms with Gasteiger partial charge in [0.15, 0.2) is 0 Å². The summed E-state index contributed by atoms with van der Waals surface area (Å²) in [6.07, 6.45) is 2.02. The van der Waals surface area contributed by atoms with Crippen molar-refractivity contribution in [2.45, 2.75) is 26.2 Å². The van der Waals surface area contributed by atoms with Gasteiger partial charge in [-0.15, -0.1) is 10.2 Å². The molecule has 0 aliphatic heterocycles. The maximum Gasteiger partial charge on any atom is 0.248 e. The van der Waals surface area contributed by atoms with E-state index in [4.69, 9.17) is 4.42 Å². The van der Waals surface area contributed by atoms with Crippen molar-refractivity contribution in [3.63, 3.8) is 0 Å². The van der Waals surface area contributed by atoms with Crippen LogP contribution in [0.25, 0.3) is 11.5 Å². The third kappa shape index (κ3) is 2.71. The van der Waals surface area contributed by atoms with E-state index in [1.54, 1.807) is 0 Å². The van der Waals surface area contributed by atoms with E-state index in [9.17, 15) is 5.11 Å². The number of aryl methyl sites for hydroxylation is 2. The van der Waals surface area contributed by atoms with Gasteiger partial charge in [0.05, 0.1) is 6.61 Å². The summed E-state index contributed by atoms with van der Waals surface area (Å²) in [5.74, 6) is 1.09. The molecule has 0 saturated carbocycles. The molecule has 0 spiro atoms. The third-order valence-corrected chi connectivity index (χ3v) is 2.63. The van der Waals surface area contributed by atoms with E-state index in [0.29, 0.717) is 24.6 Å². The first-order valence-corrected chi connectivity index (χ1v) is 5.84. The quantitative estimate of drug-likeness (QED) is 0.794. The Hall–Kier alpha value is -1.68. The highest BCUT2D eigenvalue weighted by Crippen LogP contribution is 2.22. The zero-order valence-electron chi connectivity index (χ0n) is 9.85. The van der Waals surface area contributed by atoms with E-state index < -0.39 is 0 Å². The molecule has 2 rings (SSSR count). The highest BCUT2D eigenvalue weighted by atomic mass is 16.4. The van der Waals surface area contributed by atoms with E-state index in [2.05, 4.69) is 23.2 Å². The highest BCUT2D eigenvalue weighted by Gasteiger charge is 2.10. The molecule has 17 heavy (non-hydrogen) atoms. The van der Waals surface area contributed by atoms with E-state index in [0.717, 1.165) is 12.0 Å². The summed E-state index contributed by atoms with van der Waals surface area (Å²) in [4.78, 5) is 0. The van der Waals surface area contributed by atoms with Crippen LogP contribution in [0.5, 0.6) is 0 Å². The molecular weight excluding hydrogens is 216 g/mol. The van der Waals surface area contributed by atoms with Crippen LogP contribution in [0.4, 0.5) is 0 Å². The van der Waals surface area contributed by atoms with Gasteiger partial charge in [0.25, 0.3) is 0 Å². The minimum absolute atomic E-state index is 0.108. The Labute approximate surface area is 100 Å². The second kappa shape index (κ2) is 5.59. The predicted octanol–water partition coefficient (Wildman–Crippen LogP) is 2.66. The van der Waals surface area contributed by atoms with Crippen LogP contribution in [0.1, 0.15) is 24.8 Å². The summed E-state index contributed by atoms with van der Waals surface area (Å²) in [6, 6.07) is 7.98. The summed E-state index contributed by atoms with van der Waals surface area (Å²) >= 11 is 0. The normalized spacial score (nSPS) is 10.7. The van der Waals surface area contributed by atoms with Crippen molar-refractivity contribution in [3.05, 3.63) is 35.7 Å². The third-order valence-electron chi connectivity index (χ3n) is 2.63. The molecule has 0 unspecified atom stereocenters. The summed E-state index contributed by atoms with van der Waals surface area (Å²) in [6.45, 7) is 1.98. The van der Waals surface area contributed by atoms with Crippen molar-refractivity contribution in [2.75, 3.05) is 6.61 Å². The molecule has 0 amide bonds. The largest absolute Gasteiger partial charge is 0.421 e. The predicted molar refractivity (Wildman–Crippen MR) is 63.0 cm³/mol. The fourth-order valence-electron chi connectivity index (χ4n) is 1.72. The van der Waals surface area contributed by atoms with E-state index in [-0.39, 0.29) is 6.61 Å². The van der Waals surface area contributed by atoms with Crippen LogP contribution in [0.3, 0.4) is 0 Å². The first kappa shape index (κ1) is 11.8. The molecule has 1 heterocycles. The van der Waals surface area contributed by atoms with Crippen LogP contribution in [0, 0.1) is 0 Å². The molecule has 4 heteroatoms. The first-order valence-electron chi connectivity index (χ1n) is 5.84. The van der Waals surface area contributed by atoms with E-state index in [1.807, 2.05) is 18.2 Å². The topological polar surface area (TPSA) is 58.8 Å². The zero-order chi connectivity index (χ0) is 12.1. The summed E-state index contributed by atoms with van der Waals surface area (Å²) in [5.41, 5.74) is 2.17. The van der Waals surface area contributed by atoms with E-state index in [1.165, 1.54) is 5.56 Å². The molecule has 2 aromatic rings. The molecule has 0 fully saturated rings. The van der Waals surface area contributed by atoms with Crippen LogP contribution < -0.4 is 0 Å². The number of benzene rings is 1. The summed E-state index contributed by atoms with van der Waals surface area (Å²) < 4.78 is 5.55. The first-order chi connectivity index (χ1) is 8.35. The number of hydrogen-bond acceptors (Lipinski definition) is 3. The second-order valence-corrected chi connectivity index (χ2v) is 3.82. The van der Waals surface area contributed by atoms with Crippen LogP contribution >= 0.6 is 0 Å². The lowest BCUT2D eigenvalue weighted by Gasteiger charge is -2.01. The minimum atomic E-state index is -0.108. The standard InChI is InChI=1S/C13H15N2O2/c1-2-10-6-3-4-7-11(10)13-15-14-12(17-13)8-5-9-16/h3-4,6-7H,2,5,8-9H2,1H3. The lowest BCUT2D eigenvalue weighted by molar-refractivity contribution is 0.187. The molecule has 1 radical (unpaired) electrons. The summed E-state index contributed by atoms with van der Waals surface area (Å²) in [5, 5.41) is 18.4. The van der Waals surface area contributed by atoms with Gasteiger partial charge in [-0.2, -0.15) is 0 Å². The molecule has 0 atom stereocenters. The number of aromatic nitrogens is 2. The van der Waals surface area contributed by atoms with Crippen molar-refractivity contribution < 1.29 is 9.52 Å². The Kier molecular flexibility index (Phi) is 3.88. The molecule has 0 N–H and O–H groups in total. The van der Waals surface area contributed by atoms with Crippen LogP contribution in [-0.2, 0) is 17.9 Å². The van der Waals surface area contributed by atoms with Gasteiger partial charge in [0.2, 0.25) is 11.8 Å². The van der Waals surface area contributed by atoms with Crippen molar-refractivity contribution in [2.24, 2.45) is 0 Å². The molecule has 1 aromatic carbocycles. The van der Waals surface area contributed by atoms with Gasteiger partial charge >= 0.3 is 0 Å². The lowest BCUT2D eigenvalue weighted by Crippen LogP contribution is -1.87. The van der Waals surface area contributed by atoms with Crippen molar-refractivity contribution in [1.29, 1.82) is 0 Å². The molecule has 0 aliphatic rings. The molecule has 4 nitrogen and oxygen atoms in total. The molecule has 0 aliphatic carbocycles. The van der Waals surface area contributed by atoms with Crippen LogP contribution in [0.2, 0.25) is 0 Å². The SMILES string of the molecule is CCc1ccccc1-c1nnc(CCC[O])o1. The van der Waals surface area contributed by atoms with Crippen LogP contribution in [0.15, 0.2) is 28.7 Å². The van der Waals surface area contributed by atoms with Gasteiger partial charge in [-0.3, -0.25) is 0 Å². The van der Waals surface area contributed by atoms with Crippen LogP contribution in [-0.4, -0.2) is 16.8 Å². The maximum atomic E-state index is 10.4. The molecular formula is C13H15N2O2. The Morgan fingerprint density at radius 3 is 2.82 bits per heavy atom. The maximum absolute atomic E-state index is 10.4. The van der Waals surface area contributed by atoms with Crippen molar-refractivity contribution in [1.82, 2.24) is 10.2 Å². The number of rotatable bonds is 5. The second-order valence-electron chi connectivity index (χ2n) is 3.82. The number of hydrogen-bond donors (Lipinski definition) is 0. The van der Waals surface area contributed by atoms with Crippen molar-refractivity contribution >= 4 is 0 Å². The van der Waals surface area contributed by atoms with Gasteiger partial charge in [-0.05, 0) is 24.5 Å². The molecule has 0 bridgehead atoms. The fourth-order valence-corrected chi connectivity index (χ4v) is 1.72. The Bertz CT molecular complexity index is 480. The Morgan fingerprint density at radius 1 is 1.24 bits per heavy atom. The lowest BCUT2D eigenvalue weighted by atomic mass is 10.1. The molecule has 89 valence electrons. The van der Waals surface area contributed by atoms with E-state index >= 15 is 0 Å². The molecule has 0 saturated heterocycles. The Balaban J connectivity index is 2.24. The van der Waals surface area contributed by atoms with Gasteiger partial charge in [-0.1, -0.05) is 25.1 Å².